The molecule has 2 aromatic rings. The first kappa shape index (κ1) is 19.4. The number of nitrogens with zero attached hydrogens (tertiary/aromatic N) is 1. The van der Waals surface area contributed by atoms with Gasteiger partial charge in [-0.25, -0.2) is 5.43 Å². The maximum absolute atomic E-state index is 11.8. The maximum Gasteiger partial charge on any atom is 0.277 e. The minimum absolute atomic E-state index is 0.134. The van der Waals surface area contributed by atoms with Gasteiger partial charge in [-0.1, -0.05) is 15.9 Å². The Labute approximate surface area is 172 Å². The minimum atomic E-state index is -0.397. The molecule has 0 saturated heterocycles. The van der Waals surface area contributed by atoms with E-state index in [-0.39, 0.29) is 12.4 Å². The lowest BCUT2D eigenvalue weighted by Crippen LogP contribution is -2.24. The van der Waals surface area contributed by atoms with E-state index in [1.54, 1.807) is 12.1 Å². The number of phenols is 1. The number of benzene rings is 2. The van der Waals surface area contributed by atoms with Gasteiger partial charge in [0.25, 0.3) is 5.91 Å². The number of carbonyl (C=O) groups is 1. The highest BCUT2D eigenvalue weighted by atomic mass is 79.9. The summed E-state index contributed by atoms with van der Waals surface area (Å²) in [6, 6.07) is 8.51. The Kier molecular flexibility index (Phi) is 7.27. The van der Waals surface area contributed by atoms with Crippen molar-refractivity contribution in [3.8, 4) is 11.5 Å². The van der Waals surface area contributed by atoms with Gasteiger partial charge in [-0.3, -0.25) is 4.79 Å². The van der Waals surface area contributed by atoms with Crippen LogP contribution in [0.1, 0.15) is 5.56 Å². The Hall–Kier alpha value is -0.900. The summed E-state index contributed by atoms with van der Waals surface area (Å²) >= 11 is 13.3. The molecule has 0 aliphatic carbocycles. The van der Waals surface area contributed by atoms with Crippen LogP contribution in [-0.4, -0.2) is 23.8 Å². The number of aromatic hydroxyl groups is 1. The van der Waals surface area contributed by atoms with Gasteiger partial charge in [-0.2, -0.15) is 5.10 Å². The highest BCUT2D eigenvalue weighted by Crippen LogP contribution is 2.36. The maximum atomic E-state index is 11.8. The fourth-order valence-electron chi connectivity index (χ4n) is 1.62. The predicted octanol–water partition coefficient (Wildman–Crippen LogP) is 4.97. The molecule has 0 unspecified atom stereocenters. The van der Waals surface area contributed by atoms with Crippen molar-refractivity contribution in [1.29, 1.82) is 0 Å². The van der Waals surface area contributed by atoms with Crippen LogP contribution in [0, 0.1) is 0 Å². The average Bonchev–Trinajstić information content (AvgIpc) is 2.49. The molecule has 0 radical (unpaired) electrons. The van der Waals surface area contributed by atoms with Crippen molar-refractivity contribution in [2.75, 3.05) is 6.61 Å². The van der Waals surface area contributed by atoms with Crippen molar-refractivity contribution in [2.24, 2.45) is 5.10 Å². The number of hydrazone groups is 1. The molecule has 126 valence electrons. The van der Waals surface area contributed by atoms with Gasteiger partial charge in [0.1, 0.15) is 11.5 Å². The number of carbonyl (C=O) groups excluding carboxylic acids is 1. The lowest BCUT2D eigenvalue weighted by molar-refractivity contribution is -0.123. The Morgan fingerprint density at radius 1 is 1.12 bits per heavy atom. The van der Waals surface area contributed by atoms with Crippen LogP contribution < -0.4 is 10.2 Å². The molecule has 0 fully saturated rings. The Balaban J connectivity index is 1.90. The smallest absolute Gasteiger partial charge is 0.277 e. The van der Waals surface area contributed by atoms with E-state index in [9.17, 15) is 9.90 Å². The van der Waals surface area contributed by atoms with Crippen LogP contribution in [0.2, 0.25) is 0 Å². The van der Waals surface area contributed by atoms with Crippen LogP contribution in [-0.2, 0) is 4.79 Å². The second-order valence-corrected chi connectivity index (χ2v) is 7.97. The number of halogens is 4. The normalized spacial score (nSPS) is 10.8. The van der Waals surface area contributed by atoms with Gasteiger partial charge in [0, 0.05) is 4.47 Å². The standard InChI is InChI=1S/C15H10Br4N2O3/c16-9-4-11(18)15(12(19)5-9)24-7-14(23)21-20-6-8-1-2-13(22)10(17)3-8/h1-6,22H,7H2,(H,21,23)/b20-6-. The second-order valence-electron chi connectivity index (χ2n) is 4.49. The predicted molar refractivity (Wildman–Crippen MR) is 107 cm³/mol. The van der Waals surface area contributed by atoms with Crippen molar-refractivity contribution in [3.05, 3.63) is 53.8 Å². The largest absolute Gasteiger partial charge is 0.507 e. The third-order valence-corrected chi connectivity index (χ3v) is 4.96. The fourth-order valence-corrected chi connectivity index (χ4v) is 4.50. The van der Waals surface area contributed by atoms with Crippen LogP contribution in [0.3, 0.4) is 0 Å². The topological polar surface area (TPSA) is 70.9 Å². The highest BCUT2D eigenvalue weighted by Gasteiger charge is 2.10. The van der Waals surface area contributed by atoms with Crippen LogP contribution in [0.25, 0.3) is 0 Å². The molecule has 2 rings (SSSR count). The number of rotatable bonds is 5. The zero-order valence-corrected chi connectivity index (χ0v) is 18.2. The molecule has 0 heterocycles. The fraction of sp³-hybridized carbons (Fsp3) is 0.0667. The summed E-state index contributed by atoms with van der Waals surface area (Å²) in [6.45, 7) is -0.185. The lowest BCUT2D eigenvalue weighted by atomic mass is 10.2. The molecule has 0 bridgehead atoms. The zero-order valence-electron chi connectivity index (χ0n) is 11.9. The molecule has 0 aromatic heterocycles. The molecule has 24 heavy (non-hydrogen) atoms. The SMILES string of the molecule is O=C(COc1c(Br)cc(Br)cc1Br)N/N=C\c1ccc(O)c(Br)c1. The highest BCUT2D eigenvalue weighted by molar-refractivity contribution is 9.11. The number of ether oxygens (including phenoxy) is 1. The third kappa shape index (κ3) is 5.58. The van der Waals surface area contributed by atoms with Crippen molar-refractivity contribution in [3.63, 3.8) is 0 Å². The molecule has 0 atom stereocenters. The molecular formula is C15H10Br4N2O3. The first-order valence-electron chi connectivity index (χ1n) is 6.44. The number of hydrogen-bond acceptors (Lipinski definition) is 4. The monoisotopic (exact) mass is 582 g/mol. The summed E-state index contributed by atoms with van der Waals surface area (Å²) in [6.07, 6.45) is 1.47. The van der Waals surface area contributed by atoms with E-state index in [0.717, 1.165) is 10.0 Å². The summed E-state index contributed by atoms with van der Waals surface area (Å²) in [7, 11) is 0. The number of nitrogens with one attached hydrogen (secondary N) is 1. The number of phenolic OH excluding ortho intramolecular Hbond substituents is 1. The first-order chi connectivity index (χ1) is 11.4. The van der Waals surface area contributed by atoms with Crippen molar-refractivity contribution in [1.82, 2.24) is 5.43 Å². The van der Waals surface area contributed by atoms with Crippen LogP contribution in [0.5, 0.6) is 11.5 Å². The van der Waals surface area contributed by atoms with Crippen molar-refractivity contribution < 1.29 is 14.6 Å². The first-order valence-corrected chi connectivity index (χ1v) is 9.62. The van der Waals surface area contributed by atoms with Crippen molar-refractivity contribution in [2.45, 2.75) is 0 Å². The van der Waals surface area contributed by atoms with E-state index in [1.165, 1.54) is 12.3 Å². The third-order valence-electron chi connectivity index (χ3n) is 2.69. The quantitative estimate of drug-likeness (QED) is 0.385. The zero-order chi connectivity index (χ0) is 17.7. The molecule has 2 aromatic carbocycles. The summed E-state index contributed by atoms with van der Waals surface area (Å²) in [5.41, 5.74) is 3.10. The van der Waals surface area contributed by atoms with E-state index in [4.69, 9.17) is 4.74 Å². The molecule has 1 amide bonds. The summed E-state index contributed by atoms with van der Waals surface area (Å²) < 4.78 is 8.34. The van der Waals surface area contributed by atoms with Gasteiger partial charge in [0.15, 0.2) is 6.61 Å². The Morgan fingerprint density at radius 3 is 2.42 bits per heavy atom. The number of amides is 1. The van der Waals surface area contributed by atoms with Crippen LogP contribution in [0.4, 0.5) is 0 Å². The van der Waals surface area contributed by atoms with E-state index >= 15 is 0 Å². The lowest BCUT2D eigenvalue weighted by Gasteiger charge is -2.09. The molecule has 0 aliphatic heterocycles. The van der Waals surface area contributed by atoms with E-state index in [1.807, 2.05) is 12.1 Å². The molecule has 9 heteroatoms. The average molecular weight is 586 g/mol. The molecule has 2 N–H and O–H groups in total. The summed E-state index contributed by atoms with van der Waals surface area (Å²) in [5.74, 6) is 0.265. The van der Waals surface area contributed by atoms with Gasteiger partial charge in [0.2, 0.25) is 0 Å². The summed E-state index contributed by atoms with van der Waals surface area (Å²) in [4.78, 5) is 11.8. The van der Waals surface area contributed by atoms with Gasteiger partial charge in [-0.15, -0.1) is 0 Å². The second kappa shape index (κ2) is 8.98. The van der Waals surface area contributed by atoms with Crippen LogP contribution in [0.15, 0.2) is 53.3 Å². The molecule has 0 saturated carbocycles. The Morgan fingerprint density at radius 2 is 1.79 bits per heavy atom. The van der Waals surface area contributed by atoms with Gasteiger partial charge in [-0.05, 0) is 83.7 Å². The molecule has 5 nitrogen and oxygen atoms in total. The molecular weight excluding hydrogens is 576 g/mol. The van der Waals surface area contributed by atoms with E-state index in [0.29, 0.717) is 19.2 Å². The van der Waals surface area contributed by atoms with Gasteiger partial charge in [0.05, 0.1) is 19.6 Å². The van der Waals surface area contributed by atoms with E-state index in [2.05, 4.69) is 74.2 Å². The molecule has 0 aliphatic rings. The summed E-state index contributed by atoms with van der Waals surface area (Å²) in [5, 5.41) is 13.3. The minimum Gasteiger partial charge on any atom is -0.507 e. The Bertz CT molecular complexity index is 773. The number of hydrogen-bond donors (Lipinski definition) is 2. The van der Waals surface area contributed by atoms with E-state index < -0.39 is 5.91 Å². The van der Waals surface area contributed by atoms with Gasteiger partial charge < -0.3 is 9.84 Å². The molecule has 0 spiro atoms. The van der Waals surface area contributed by atoms with Crippen molar-refractivity contribution >= 4 is 75.8 Å². The van der Waals surface area contributed by atoms with Crippen LogP contribution >= 0.6 is 63.7 Å². The van der Waals surface area contributed by atoms with Gasteiger partial charge >= 0.3 is 0 Å².